The zero-order chi connectivity index (χ0) is 19.1. The number of likely N-dealkylation sites (tertiary alicyclic amines) is 1. The summed E-state index contributed by atoms with van der Waals surface area (Å²) in [6.45, 7) is 4.51. The second-order valence-corrected chi connectivity index (χ2v) is 8.30. The minimum atomic E-state index is 0. The van der Waals surface area contributed by atoms with Crippen molar-refractivity contribution in [3.63, 3.8) is 0 Å². The summed E-state index contributed by atoms with van der Waals surface area (Å²) >= 11 is 3.49. The second-order valence-electron chi connectivity index (χ2n) is 7.39. The van der Waals surface area contributed by atoms with Gasteiger partial charge >= 0.3 is 0 Å². The van der Waals surface area contributed by atoms with Gasteiger partial charge < -0.3 is 16.0 Å². The summed E-state index contributed by atoms with van der Waals surface area (Å²) in [5.41, 5.74) is 1.36. The van der Waals surface area contributed by atoms with E-state index < -0.39 is 0 Å². The number of rotatable bonds is 7. The van der Waals surface area contributed by atoms with Gasteiger partial charge in [-0.25, -0.2) is 0 Å². The van der Waals surface area contributed by atoms with Crippen LogP contribution in [0, 0.1) is 5.92 Å². The number of piperidine rings is 1. The van der Waals surface area contributed by atoms with Crippen molar-refractivity contribution in [2.24, 2.45) is 10.9 Å². The van der Waals surface area contributed by atoms with Gasteiger partial charge in [0.25, 0.3) is 0 Å². The van der Waals surface area contributed by atoms with Crippen molar-refractivity contribution in [2.75, 3.05) is 33.2 Å². The van der Waals surface area contributed by atoms with Crippen LogP contribution in [-0.2, 0) is 11.3 Å². The van der Waals surface area contributed by atoms with Crippen molar-refractivity contribution >= 4 is 51.8 Å². The Balaban J connectivity index is 0.00000280. The topological polar surface area (TPSA) is 68.8 Å². The molecule has 28 heavy (non-hydrogen) atoms. The molecule has 3 N–H and O–H groups in total. The number of benzene rings is 1. The first-order chi connectivity index (χ1) is 13.1. The predicted molar refractivity (Wildman–Crippen MR) is 128 cm³/mol. The van der Waals surface area contributed by atoms with Crippen molar-refractivity contribution < 1.29 is 4.79 Å². The number of hydrogen-bond acceptors (Lipinski definition) is 3. The molecule has 0 bridgehead atoms. The molecule has 1 aromatic carbocycles. The van der Waals surface area contributed by atoms with E-state index in [1.165, 1.54) is 5.56 Å². The first-order valence-corrected chi connectivity index (χ1v) is 10.6. The first kappa shape index (κ1) is 23.4. The quantitative estimate of drug-likeness (QED) is 0.206. The molecule has 8 heteroatoms. The second kappa shape index (κ2) is 12.0. The van der Waals surface area contributed by atoms with Crippen LogP contribution in [0.15, 0.2) is 33.7 Å². The Bertz CT molecular complexity index is 643. The van der Waals surface area contributed by atoms with Crippen LogP contribution in [0.1, 0.15) is 31.2 Å². The summed E-state index contributed by atoms with van der Waals surface area (Å²) < 4.78 is 1.13. The zero-order valence-electron chi connectivity index (χ0n) is 16.4. The van der Waals surface area contributed by atoms with Crippen LogP contribution in [0.3, 0.4) is 0 Å². The molecule has 1 amide bonds. The fourth-order valence-corrected chi connectivity index (χ4v) is 3.59. The Kier molecular flexibility index (Phi) is 10.0. The lowest BCUT2D eigenvalue weighted by Crippen LogP contribution is -2.49. The van der Waals surface area contributed by atoms with E-state index in [-0.39, 0.29) is 35.8 Å². The molecule has 6 nitrogen and oxygen atoms in total. The highest BCUT2D eigenvalue weighted by Crippen LogP contribution is 2.28. The summed E-state index contributed by atoms with van der Waals surface area (Å²) in [4.78, 5) is 18.4. The van der Waals surface area contributed by atoms with E-state index in [2.05, 4.69) is 66.0 Å². The molecule has 1 saturated carbocycles. The molecule has 1 aromatic rings. The molecule has 1 heterocycles. The van der Waals surface area contributed by atoms with Crippen LogP contribution in [0.4, 0.5) is 0 Å². The number of aliphatic imine (C=N–C) groups is 1. The smallest absolute Gasteiger partial charge is 0.223 e. The van der Waals surface area contributed by atoms with Crippen molar-refractivity contribution in [3.8, 4) is 0 Å². The summed E-state index contributed by atoms with van der Waals surface area (Å²) in [5.74, 6) is 1.28. The molecule has 0 spiro atoms. The standard InChI is InChI=1S/C20H30BrN5O.HI/c1-22-20(24-11-10-23-19(27)16-4-5-16)25-18-8-12-26(13-9-18)14-15-2-6-17(21)7-3-15;/h2-3,6-7,16,18H,4-5,8-14H2,1H3,(H,23,27)(H2,22,24,25);1H. The number of guanidine groups is 1. The maximum Gasteiger partial charge on any atom is 0.223 e. The third kappa shape index (κ3) is 7.87. The molecule has 1 aliphatic carbocycles. The van der Waals surface area contributed by atoms with Gasteiger partial charge in [0.1, 0.15) is 0 Å². The van der Waals surface area contributed by atoms with E-state index in [1.54, 1.807) is 7.05 Å². The number of hydrogen-bond donors (Lipinski definition) is 3. The number of halogens is 2. The van der Waals surface area contributed by atoms with Crippen molar-refractivity contribution in [3.05, 3.63) is 34.3 Å². The molecule has 3 rings (SSSR count). The van der Waals surface area contributed by atoms with Gasteiger partial charge in [0, 0.05) is 56.2 Å². The van der Waals surface area contributed by atoms with Crippen LogP contribution < -0.4 is 16.0 Å². The normalized spacial score (nSPS) is 18.3. The number of carbonyl (C=O) groups excluding carboxylic acids is 1. The lowest BCUT2D eigenvalue weighted by atomic mass is 10.0. The lowest BCUT2D eigenvalue weighted by Gasteiger charge is -2.33. The summed E-state index contributed by atoms with van der Waals surface area (Å²) in [6, 6.07) is 9.02. The molecule has 2 fully saturated rings. The van der Waals surface area contributed by atoms with E-state index in [1.807, 2.05) is 0 Å². The Morgan fingerprint density at radius 3 is 2.36 bits per heavy atom. The lowest BCUT2D eigenvalue weighted by molar-refractivity contribution is -0.122. The van der Waals surface area contributed by atoms with Crippen LogP contribution in [0.5, 0.6) is 0 Å². The van der Waals surface area contributed by atoms with Crippen LogP contribution in [0.25, 0.3) is 0 Å². The van der Waals surface area contributed by atoms with Crippen LogP contribution in [-0.4, -0.2) is 56.0 Å². The van der Waals surface area contributed by atoms with E-state index in [4.69, 9.17) is 0 Å². The highest BCUT2D eigenvalue weighted by Gasteiger charge is 2.29. The number of carbonyl (C=O) groups is 1. The van der Waals surface area contributed by atoms with E-state index >= 15 is 0 Å². The molecule has 0 radical (unpaired) electrons. The highest BCUT2D eigenvalue weighted by molar-refractivity contribution is 14.0. The van der Waals surface area contributed by atoms with Gasteiger partial charge in [0.05, 0.1) is 0 Å². The van der Waals surface area contributed by atoms with E-state index in [0.717, 1.165) is 55.7 Å². The molecule has 156 valence electrons. The van der Waals surface area contributed by atoms with E-state index in [0.29, 0.717) is 19.1 Å². The molecule has 0 unspecified atom stereocenters. The summed E-state index contributed by atoms with van der Waals surface area (Å²) in [5, 5.41) is 9.77. The van der Waals surface area contributed by atoms with E-state index in [9.17, 15) is 4.79 Å². The molecule has 0 atom stereocenters. The maximum absolute atomic E-state index is 11.6. The first-order valence-electron chi connectivity index (χ1n) is 9.85. The average Bonchev–Trinajstić information content (AvgIpc) is 3.52. The fraction of sp³-hybridized carbons (Fsp3) is 0.600. The van der Waals surface area contributed by atoms with Crippen LogP contribution >= 0.6 is 39.9 Å². The average molecular weight is 564 g/mol. The molecular weight excluding hydrogens is 533 g/mol. The third-order valence-corrected chi connectivity index (χ3v) is 5.66. The van der Waals surface area contributed by atoms with Crippen molar-refractivity contribution in [1.29, 1.82) is 0 Å². The predicted octanol–water partition coefficient (Wildman–Crippen LogP) is 2.72. The van der Waals surface area contributed by atoms with Gasteiger partial charge in [-0.1, -0.05) is 28.1 Å². The van der Waals surface area contributed by atoms with Crippen molar-refractivity contribution in [1.82, 2.24) is 20.9 Å². The molecule has 0 aromatic heterocycles. The number of amides is 1. The molecule has 1 saturated heterocycles. The van der Waals surface area contributed by atoms with Gasteiger partial charge in [0.15, 0.2) is 5.96 Å². The molecular formula is C20H31BrIN5O. The Morgan fingerprint density at radius 2 is 1.75 bits per heavy atom. The Hall–Kier alpha value is -0.870. The number of nitrogens with zero attached hydrogens (tertiary/aromatic N) is 2. The third-order valence-electron chi connectivity index (χ3n) is 5.14. The summed E-state index contributed by atoms with van der Waals surface area (Å²) in [6.07, 6.45) is 4.30. The Morgan fingerprint density at radius 1 is 1.11 bits per heavy atom. The van der Waals surface area contributed by atoms with Crippen molar-refractivity contribution in [2.45, 2.75) is 38.3 Å². The maximum atomic E-state index is 11.6. The Labute approximate surface area is 193 Å². The minimum absolute atomic E-state index is 0. The van der Waals surface area contributed by atoms with Gasteiger partial charge in [-0.05, 0) is 43.4 Å². The number of nitrogens with one attached hydrogen (secondary N) is 3. The minimum Gasteiger partial charge on any atom is -0.355 e. The van der Waals surface area contributed by atoms with Gasteiger partial charge in [-0.15, -0.1) is 24.0 Å². The fourth-order valence-electron chi connectivity index (χ4n) is 3.33. The summed E-state index contributed by atoms with van der Waals surface area (Å²) in [7, 11) is 1.79. The van der Waals surface area contributed by atoms with Gasteiger partial charge in [0.2, 0.25) is 5.91 Å². The molecule has 2 aliphatic rings. The monoisotopic (exact) mass is 563 g/mol. The van der Waals surface area contributed by atoms with Gasteiger partial charge in [-0.3, -0.25) is 14.7 Å². The molecule has 1 aliphatic heterocycles. The highest BCUT2D eigenvalue weighted by atomic mass is 127. The zero-order valence-corrected chi connectivity index (χ0v) is 20.3. The van der Waals surface area contributed by atoms with Gasteiger partial charge in [-0.2, -0.15) is 0 Å². The van der Waals surface area contributed by atoms with Crippen LogP contribution in [0.2, 0.25) is 0 Å². The largest absolute Gasteiger partial charge is 0.355 e. The SMILES string of the molecule is CN=C(NCCNC(=O)C1CC1)NC1CCN(Cc2ccc(Br)cc2)CC1.I.